The first-order chi connectivity index (χ1) is 10.6. The van der Waals surface area contributed by atoms with Crippen LogP contribution in [0.15, 0.2) is 28.7 Å². The van der Waals surface area contributed by atoms with Crippen LogP contribution in [0.25, 0.3) is 11.5 Å². The molecule has 11 heteroatoms. The molecule has 2 aromatic rings. The van der Waals surface area contributed by atoms with Crippen molar-refractivity contribution in [2.45, 2.75) is 18.7 Å². The number of carboxylic acid groups (broad SMARTS) is 1. The number of carbonyl (C=O) groups excluding carboxylic acids is 1. The predicted molar refractivity (Wildman–Crippen MR) is 60.1 cm³/mol. The molecule has 0 bridgehead atoms. The molecule has 0 saturated heterocycles. The molecule has 0 fully saturated rings. The number of aromatic nitrogens is 2. The van der Waals surface area contributed by atoms with Crippen LogP contribution < -0.4 is 9.84 Å². The first kappa shape index (κ1) is 16.6. The molecule has 0 aliphatic heterocycles. The number of carbonyl (C=O) groups is 1. The molecular formula is C12H6F5N2O4-. The lowest BCUT2D eigenvalue weighted by molar-refractivity contribution is -0.360. The number of nitrogens with zero attached hydrogens (tertiary/aromatic N) is 2. The van der Waals surface area contributed by atoms with Crippen LogP contribution in [-0.4, -0.2) is 28.5 Å². The molecule has 0 unspecified atom stereocenters. The number of rotatable bonds is 5. The Morgan fingerprint density at radius 1 is 1.13 bits per heavy atom. The third kappa shape index (κ3) is 3.93. The highest BCUT2D eigenvalue weighted by atomic mass is 19.4. The number of benzene rings is 1. The van der Waals surface area contributed by atoms with E-state index < -0.39 is 30.4 Å². The van der Waals surface area contributed by atoms with Crippen molar-refractivity contribution in [1.29, 1.82) is 0 Å². The first-order valence-electron chi connectivity index (χ1n) is 5.85. The van der Waals surface area contributed by atoms with Gasteiger partial charge in [0.2, 0.25) is 11.8 Å². The lowest BCUT2D eigenvalue weighted by atomic mass is 10.2. The molecule has 1 aromatic heterocycles. The zero-order valence-corrected chi connectivity index (χ0v) is 10.9. The van der Waals surface area contributed by atoms with Crippen LogP contribution in [0.5, 0.6) is 5.75 Å². The Hall–Kier alpha value is -2.72. The van der Waals surface area contributed by atoms with Crippen molar-refractivity contribution in [2.75, 3.05) is 0 Å². The van der Waals surface area contributed by atoms with Crippen molar-refractivity contribution in [1.82, 2.24) is 10.2 Å². The minimum absolute atomic E-state index is 0.143. The van der Waals surface area contributed by atoms with Gasteiger partial charge in [0, 0.05) is 5.56 Å². The van der Waals surface area contributed by atoms with Crippen molar-refractivity contribution >= 4 is 5.97 Å². The summed E-state index contributed by atoms with van der Waals surface area (Å²) in [7, 11) is 0. The smallest absolute Gasteiger partial charge is 0.499 e. The second-order valence-electron chi connectivity index (χ2n) is 4.19. The Bertz CT molecular complexity index is 696. The van der Waals surface area contributed by atoms with E-state index in [4.69, 9.17) is 4.42 Å². The Kier molecular flexibility index (Phi) is 4.21. The summed E-state index contributed by atoms with van der Waals surface area (Å²) in [6.45, 7) is 0. The zero-order valence-electron chi connectivity index (χ0n) is 10.9. The van der Waals surface area contributed by atoms with Gasteiger partial charge in [0.15, 0.2) is 0 Å². The van der Waals surface area contributed by atoms with E-state index in [1.807, 2.05) is 0 Å². The highest BCUT2D eigenvalue weighted by molar-refractivity contribution is 5.66. The Morgan fingerprint density at radius 2 is 1.74 bits per heavy atom. The molecule has 0 atom stereocenters. The van der Waals surface area contributed by atoms with Crippen LogP contribution in [0.4, 0.5) is 22.0 Å². The van der Waals surface area contributed by atoms with Gasteiger partial charge >= 0.3 is 12.3 Å². The fourth-order valence-electron chi connectivity index (χ4n) is 1.44. The lowest BCUT2D eigenvalue weighted by Crippen LogP contribution is -2.41. The molecule has 2 rings (SSSR count). The maximum absolute atomic E-state index is 12.7. The third-order valence-corrected chi connectivity index (χ3v) is 2.44. The number of carboxylic acids is 1. The molecule has 23 heavy (non-hydrogen) atoms. The standard InChI is InChI=1S/C12H7F5N2O4/c13-11(14,15)12(16,17)23-7-3-1-6(2-4-7)10-19-18-8(22-10)5-9(20)21/h1-4H,5H2,(H,20,21)/p-1. The van der Waals surface area contributed by atoms with E-state index in [2.05, 4.69) is 14.9 Å². The van der Waals surface area contributed by atoms with Gasteiger partial charge in [0.05, 0.1) is 12.4 Å². The van der Waals surface area contributed by atoms with Crippen molar-refractivity contribution in [3.05, 3.63) is 30.2 Å². The summed E-state index contributed by atoms with van der Waals surface area (Å²) in [6, 6.07) is 3.88. The minimum atomic E-state index is -5.85. The quantitative estimate of drug-likeness (QED) is 0.770. The largest absolute Gasteiger partial charge is 0.550 e. The van der Waals surface area contributed by atoms with Crippen LogP contribution >= 0.6 is 0 Å². The van der Waals surface area contributed by atoms with Crippen molar-refractivity contribution < 1.29 is 41.0 Å². The molecule has 0 saturated carbocycles. The summed E-state index contributed by atoms with van der Waals surface area (Å²) in [6.07, 6.45) is -11.8. The number of alkyl halides is 5. The number of ether oxygens (including phenoxy) is 1. The van der Waals surface area contributed by atoms with Gasteiger partial charge < -0.3 is 19.1 Å². The van der Waals surface area contributed by atoms with E-state index in [1.54, 1.807) is 0 Å². The van der Waals surface area contributed by atoms with E-state index in [-0.39, 0.29) is 17.3 Å². The normalized spacial score (nSPS) is 12.2. The van der Waals surface area contributed by atoms with Gasteiger partial charge in [-0.05, 0) is 24.3 Å². The summed E-state index contributed by atoms with van der Waals surface area (Å²) >= 11 is 0. The molecular weight excluding hydrogens is 331 g/mol. The Labute approximate surface area is 124 Å². The Morgan fingerprint density at radius 3 is 2.26 bits per heavy atom. The van der Waals surface area contributed by atoms with Crippen molar-refractivity contribution in [3.63, 3.8) is 0 Å². The van der Waals surface area contributed by atoms with Gasteiger partial charge in [-0.1, -0.05) is 0 Å². The summed E-state index contributed by atoms with van der Waals surface area (Å²) < 4.78 is 70.0. The summed E-state index contributed by atoms with van der Waals surface area (Å²) in [4.78, 5) is 10.4. The van der Waals surface area contributed by atoms with Crippen LogP contribution in [0.1, 0.15) is 5.89 Å². The highest BCUT2D eigenvalue weighted by Gasteiger charge is 2.61. The second kappa shape index (κ2) is 5.82. The van der Waals surface area contributed by atoms with Gasteiger partial charge in [-0.3, -0.25) is 0 Å². The monoisotopic (exact) mass is 337 g/mol. The van der Waals surface area contributed by atoms with E-state index >= 15 is 0 Å². The molecule has 124 valence electrons. The molecule has 0 amide bonds. The molecule has 1 aromatic carbocycles. The first-order valence-corrected chi connectivity index (χ1v) is 5.85. The number of aliphatic carboxylic acids is 1. The predicted octanol–water partition coefficient (Wildman–Crippen LogP) is 1.56. The highest BCUT2D eigenvalue weighted by Crippen LogP contribution is 2.37. The molecule has 1 heterocycles. The van der Waals surface area contributed by atoms with Crippen LogP contribution in [-0.2, 0) is 11.2 Å². The molecule has 0 radical (unpaired) electrons. The summed E-state index contributed by atoms with van der Waals surface area (Å²) in [5.74, 6) is -2.57. The minimum Gasteiger partial charge on any atom is -0.550 e. The maximum Gasteiger partial charge on any atom is 0.499 e. The lowest BCUT2D eigenvalue weighted by Gasteiger charge is -2.20. The molecule has 0 aliphatic carbocycles. The number of halogens is 5. The van der Waals surface area contributed by atoms with E-state index in [9.17, 15) is 31.9 Å². The van der Waals surface area contributed by atoms with E-state index in [0.29, 0.717) is 0 Å². The van der Waals surface area contributed by atoms with Crippen LogP contribution in [0.2, 0.25) is 0 Å². The van der Waals surface area contributed by atoms with Gasteiger partial charge in [0.25, 0.3) is 0 Å². The average Bonchev–Trinajstić information content (AvgIpc) is 2.85. The van der Waals surface area contributed by atoms with Gasteiger partial charge in [-0.2, -0.15) is 22.0 Å². The van der Waals surface area contributed by atoms with E-state index in [1.165, 1.54) is 0 Å². The SMILES string of the molecule is O=C([O-])Cc1nnc(-c2ccc(OC(F)(F)C(F)(F)F)cc2)o1. The van der Waals surface area contributed by atoms with E-state index in [0.717, 1.165) is 24.3 Å². The van der Waals surface area contributed by atoms with Gasteiger partial charge in [-0.15, -0.1) is 10.2 Å². The van der Waals surface area contributed by atoms with Crippen LogP contribution in [0, 0.1) is 0 Å². The maximum atomic E-state index is 12.7. The van der Waals surface area contributed by atoms with Crippen molar-refractivity contribution in [3.8, 4) is 17.2 Å². The van der Waals surface area contributed by atoms with Gasteiger partial charge in [-0.25, -0.2) is 0 Å². The summed E-state index contributed by atoms with van der Waals surface area (Å²) in [5.41, 5.74) is 0.171. The van der Waals surface area contributed by atoms with Crippen molar-refractivity contribution in [2.24, 2.45) is 0 Å². The molecule has 6 nitrogen and oxygen atoms in total. The van der Waals surface area contributed by atoms with Crippen LogP contribution in [0.3, 0.4) is 0 Å². The topological polar surface area (TPSA) is 88.3 Å². The average molecular weight is 337 g/mol. The molecule has 0 aliphatic rings. The third-order valence-electron chi connectivity index (χ3n) is 2.44. The molecule has 0 spiro atoms. The number of hydrogen-bond acceptors (Lipinski definition) is 6. The molecule has 0 N–H and O–H groups in total. The second-order valence-corrected chi connectivity index (χ2v) is 4.19. The number of hydrogen-bond donors (Lipinski definition) is 0. The Balaban J connectivity index is 2.13. The van der Waals surface area contributed by atoms with Gasteiger partial charge in [0.1, 0.15) is 5.75 Å². The fraction of sp³-hybridized carbons (Fsp3) is 0.250. The summed E-state index contributed by atoms with van der Waals surface area (Å²) in [5, 5.41) is 17.3. The zero-order chi connectivity index (χ0) is 17.3. The fourth-order valence-corrected chi connectivity index (χ4v) is 1.44.